The van der Waals surface area contributed by atoms with Gasteiger partial charge >= 0.3 is 7.60 Å². The Morgan fingerprint density at radius 2 is 1.60 bits per heavy atom. The summed E-state index contributed by atoms with van der Waals surface area (Å²) in [6.45, 7) is 0. The third-order valence-corrected chi connectivity index (χ3v) is 3.78. The predicted molar refractivity (Wildman–Crippen MR) is 59.3 cm³/mol. The Balaban J connectivity index is 3.21. The first-order chi connectivity index (χ1) is 6.73. The molecule has 0 saturated heterocycles. The van der Waals surface area contributed by atoms with Gasteiger partial charge in [-0.3, -0.25) is 4.57 Å². The van der Waals surface area contributed by atoms with Crippen LogP contribution in [0.1, 0.15) is 11.3 Å². The SMILES string of the molecule is C[N+](C)(C)[C@@H](c1ccccc1)P(=O)(O)O. The zero-order chi connectivity index (χ0) is 11.7. The highest BCUT2D eigenvalue weighted by molar-refractivity contribution is 7.51. The summed E-state index contributed by atoms with van der Waals surface area (Å²) in [6.07, 6.45) is 0. The second-order valence-electron chi connectivity index (χ2n) is 4.49. The first kappa shape index (κ1) is 12.4. The lowest BCUT2D eigenvalue weighted by Crippen LogP contribution is -2.38. The molecule has 1 aromatic rings. The maximum absolute atomic E-state index is 11.5. The van der Waals surface area contributed by atoms with Crippen molar-refractivity contribution in [1.29, 1.82) is 0 Å². The van der Waals surface area contributed by atoms with Gasteiger partial charge < -0.3 is 14.3 Å². The van der Waals surface area contributed by atoms with Crippen LogP contribution in [0.15, 0.2) is 30.3 Å². The molecule has 0 saturated carbocycles. The number of benzene rings is 1. The van der Waals surface area contributed by atoms with Gasteiger partial charge in [-0.1, -0.05) is 30.3 Å². The molecule has 0 radical (unpaired) electrons. The molecule has 0 spiro atoms. The third-order valence-electron chi connectivity index (χ3n) is 2.15. The Labute approximate surface area is 89.9 Å². The van der Waals surface area contributed by atoms with Crippen molar-refractivity contribution in [3.63, 3.8) is 0 Å². The van der Waals surface area contributed by atoms with E-state index in [2.05, 4.69) is 0 Å². The van der Waals surface area contributed by atoms with Crippen molar-refractivity contribution >= 4 is 7.60 Å². The lowest BCUT2D eigenvalue weighted by Gasteiger charge is -2.34. The van der Waals surface area contributed by atoms with E-state index in [-0.39, 0.29) is 4.48 Å². The molecule has 1 rings (SSSR count). The van der Waals surface area contributed by atoms with Crippen LogP contribution in [-0.2, 0) is 4.57 Å². The van der Waals surface area contributed by atoms with Crippen LogP contribution >= 0.6 is 7.60 Å². The fraction of sp³-hybridized carbons (Fsp3) is 0.400. The second kappa shape index (κ2) is 4.06. The number of quaternary nitrogens is 1. The van der Waals surface area contributed by atoms with Gasteiger partial charge in [0.15, 0.2) is 0 Å². The highest BCUT2D eigenvalue weighted by atomic mass is 31.2. The van der Waals surface area contributed by atoms with Crippen molar-refractivity contribution in [3.8, 4) is 0 Å². The van der Waals surface area contributed by atoms with Crippen LogP contribution in [-0.4, -0.2) is 35.4 Å². The zero-order valence-electron chi connectivity index (χ0n) is 9.16. The van der Waals surface area contributed by atoms with Crippen molar-refractivity contribution in [2.75, 3.05) is 21.1 Å². The summed E-state index contributed by atoms with van der Waals surface area (Å²) in [7, 11) is 1.18. The molecule has 2 N–H and O–H groups in total. The molecule has 0 unspecified atom stereocenters. The summed E-state index contributed by atoms with van der Waals surface area (Å²) >= 11 is 0. The van der Waals surface area contributed by atoms with E-state index >= 15 is 0 Å². The molecule has 0 fully saturated rings. The molecule has 4 nitrogen and oxygen atoms in total. The van der Waals surface area contributed by atoms with E-state index in [4.69, 9.17) is 0 Å². The maximum Gasteiger partial charge on any atom is 0.387 e. The molecule has 1 aromatic carbocycles. The van der Waals surface area contributed by atoms with E-state index in [9.17, 15) is 14.4 Å². The van der Waals surface area contributed by atoms with Crippen LogP contribution in [0.3, 0.4) is 0 Å². The third kappa shape index (κ3) is 3.14. The molecule has 0 aromatic heterocycles. The molecule has 0 heterocycles. The normalized spacial score (nSPS) is 15.0. The van der Waals surface area contributed by atoms with Gasteiger partial charge in [0, 0.05) is 5.56 Å². The van der Waals surface area contributed by atoms with Gasteiger partial charge in [-0.25, -0.2) is 0 Å². The van der Waals surface area contributed by atoms with Crippen LogP contribution in [0, 0.1) is 0 Å². The first-order valence-electron chi connectivity index (χ1n) is 4.64. The van der Waals surface area contributed by atoms with Gasteiger partial charge in [0.2, 0.25) is 5.78 Å². The van der Waals surface area contributed by atoms with Crippen molar-refractivity contribution < 1.29 is 18.8 Å². The summed E-state index contributed by atoms with van der Waals surface area (Å²) < 4.78 is 11.7. The zero-order valence-corrected chi connectivity index (χ0v) is 10.1. The molecule has 1 atom stereocenters. The Morgan fingerprint density at radius 3 is 1.93 bits per heavy atom. The lowest BCUT2D eigenvalue weighted by atomic mass is 10.2. The Hall–Kier alpha value is -0.670. The van der Waals surface area contributed by atoms with Crippen LogP contribution in [0.25, 0.3) is 0 Å². The maximum atomic E-state index is 11.5. The quantitative estimate of drug-likeness (QED) is 0.612. The van der Waals surface area contributed by atoms with E-state index in [0.717, 1.165) is 0 Å². The topological polar surface area (TPSA) is 57.5 Å². The summed E-state index contributed by atoms with van der Waals surface area (Å²) in [5.74, 6) is -0.807. The fourth-order valence-electron chi connectivity index (χ4n) is 1.72. The van der Waals surface area contributed by atoms with E-state index in [0.29, 0.717) is 5.56 Å². The second-order valence-corrected chi connectivity index (χ2v) is 6.16. The van der Waals surface area contributed by atoms with Gasteiger partial charge in [-0.15, -0.1) is 0 Å². The van der Waals surface area contributed by atoms with Crippen LogP contribution in [0.4, 0.5) is 0 Å². The number of rotatable bonds is 3. The molecule has 0 aliphatic rings. The van der Waals surface area contributed by atoms with Crippen molar-refractivity contribution in [2.45, 2.75) is 5.78 Å². The van der Waals surface area contributed by atoms with Gasteiger partial charge in [-0.2, -0.15) is 0 Å². The molecular weight excluding hydrogens is 213 g/mol. The Kier molecular flexibility index (Phi) is 3.36. The van der Waals surface area contributed by atoms with E-state index in [1.807, 2.05) is 6.07 Å². The summed E-state index contributed by atoms with van der Waals surface area (Å²) in [5.41, 5.74) is 0.665. The Bertz CT molecular complexity index is 366. The number of nitrogens with zero attached hydrogens (tertiary/aromatic N) is 1. The summed E-state index contributed by atoms with van der Waals surface area (Å²) in [6, 6.07) is 8.89. The minimum atomic E-state index is -4.15. The smallest absolute Gasteiger partial charge is 0.320 e. The minimum Gasteiger partial charge on any atom is -0.320 e. The van der Waals surface area contributed by atoms with Gasteiger partial charge in [0.25, 0.3) is 0 Å². The predicted octanol–water partition coefficient (Wildman–Crippen LogP) is 1.57. The van der Waals surface area contributed by atoms with Crippen molar-refractivity contribution in [2.24, 2.45) is 0 Å². The monoisotopic (exact) mass is 230 g/mol. The highest BCUT2D eigenvalue weighted by Crippen LogP contribution is 2.54. The minimum absolute atomic E-state index is 0.203. The summed E-state index contributed by atoms with van der Waals surface area (Å²) in [4.78, 5) is 18.7. The van der Waals surface area contributed by atoms with Gasteiger partial charge in [0.05, 0.1) is 21.1 Å². The van der Waals surface area contributed by atoms with E-state index in [1.54, 1.807) is 45.4 Å². The highest BCUT2D eigenvalue weighted by Gasteiger charge is 2.41. The molecule has 0 amide bonds. The van der Waals surface area contributed by atoms with Gasteiger partial charge in [0.1, 0.15) is 0 Å². The molecular formula is C10H17NO3P+. The lowest BCUT2D eigenvalue weighted by molar-refractivity contribution is -0.888. The average Bonchev–Trinajstić information content (AvgIpc) is 2.00. The van der Waals surface area contributed by atoms with E-state index < -0.39 is 13.4 Å². The number of hydrogen-bond acceptors (Lipinski definition) is 1. The van der Waals surface area contributed by atoms with Crippen LogP contribution < -0.4 is 0 Å². The largest absolute Gasteiger partial charge is 0.387 e. The first-order valence-corrected chi connectivity index (χ1v) is 6.32. The number of hydrogen-bond donors (Lipinski definition) is 2. The van der Waals surface area contributed by atoms with Gasteiger partial charge in [-0.05, 0) is 0 Å². The molecule has 0 bridgehead atoms. The fourth-order valence-corrected chi connectivity index (χ4v) is 3.18. The molecule has 0 aliphatic heterocycles. The molecule has 0 aliphatic carbocycles. The van der Waals surface area contributed by atoms with Crippen LogP contribution in [0.2, 0.25) is 0 Å². The summed E-state index contributed by atoms with van der Waals surface area (Å²) in [5, 5.41) is 0. The van der Waals surface area contributed by atoms with Crippen molar-refractivity contribution in [1.82, 2.24) is 0 Å². The van der Waals surface area contributed by atoms with Crippen LogP contribution in [0.5, 0.6) is 0 Å². The molecule has 15 heavy (non-hydrogen) atoms. The Morgan fingerprint density at radius 1 is 1.13 bits per heavy atom. The molecule has 84 valence electrons. The average molecular weight is 230 g/mol. The van der Waals surface area contributed by atoms with E-state index in [1.165, 1.54) is 0 Å². The standard InChI is InChI=1S/C10H16NO3P/c1-11(2,3)10(15(12,13)14)9-7-5-4-6-8-9/h4-8,10H,1-3H3,(H-,12,13,14)/p+1/t10-/m1/s1. The molecule has 5 heteroatoms. The van der Waals surface area contributed by atoms with Crippen molar-refractivity contribution in [3.05, 3.63) is 35.9 Å².